The van der Waals surface area contributed by atoms with Crippen LogP contribution >= 0.6 is 12.6 Å². The molecule has 328 valence electrons. The molecule has 0 saturated carbocycles. The van der Waals surface area contributed by atoms with Crippen LogP contribution in [0.1, 0.15) is 44.9 Å². The van der Waals surface area contributed by atoms with Crippen molar-refractivity contribution >= 4 is 70.8 Å². The molecule has 3 aromatic rings. The number of benzene rings is 2. The number of para-hydroxylation sites is 1. The molecule has 0 bridgehead atoms. The van der Waals surface area contributed by atoms with E-state index in [1.165, 1.54) is 17.9 Å². The van der Waals surface area contributed by atoms with Gasteiger partial charge in [0, 0.05) is 43.1 Å². The molecule has 1 fully saturated rings. The Hall–Kier alpha value is -6.28. The molecule has 0 spiro atoms. The van der Waals surface area contributed by atoms with Crippen molar-refractivity contribution in [3.05, 3.63) is 71.9 Å². The highest BCUT2D eigenvalue weighted by Crippen LogP contribution is 2.24. The molecule has 1 saturated heterocycles. The number of hydrogen-bond acceptors (Lipinski definition) is 12. The highest BCUT2D eigenvalue weighted by Gasteiger charge is 2.41. The summed E-state index contributed by atoms with van der Waals surface area (Å²) in [5, 5.41) is 36.4. The summed E-state index contributed by atoms with van der Waals surface area (Å²) < 4.78 is 0. The number of thiol groups is 1. The van der Waals surface area contributed by atoms with Gasteiger partial charge in [-0.3, -0.25) is 38.4 Å². The normalized spacial score (nSPS) is 16.0. The van der Waals surface area contributed by atoms with E-state index in [2.05, 4.69) is 49.5 Å². The topological polar surface area (TPSA) is 291 Å². The minimum atomic E-state index is -1.57. The number of rotatable bonds is 20. The van der Waals surface area contributed by atoms with Gasteiger partial charge in [-0.1, -0.05) is 62.4 Å². The Balaban J connectivity index is 1.46. The molecule has 20 heteroatoms. The van der Waals surface area contributed by atoms with Crippen molar-refractivity contribution in [1.82, 2.24) is 41.8 Å². The quantitative estimate of drug-likeness (QED) is 0.0574. The van der Waals surface area contributed by atoms with Crippen LogP contribution in [0.25, 0.3) is 10.9 Å². The Morgan fingerprint density at radius 3 is 2.10 bits per heavy atom. The van der Waals surface area contributed by atoms with Crippen molar-refractivity contribution in [3.63, 3.8) is 0 Å². The van der Waals surface area contributed by atoms with Crippen molar-refractivity contribution in [1.29, 1.82) is 0 Å². The highest BCUT2D eigenvalue weighted by atomic mass is 32.1. The summed E-state index contributed by atoms with van der Waals surface area (Å²) in [5.41, 5.74) is 6.45. The fourth-order valence-corrected chi connectivity index (χ4v) is 7.01. The van der Waals surface area contributed by atoms with E-state index in [0.29, 0.717) is 28.6 Å². The molecule has 10 N–H and O–H groups in total. The number of aromatic nitrogens is 1. The monoisotopic (exact) mass is 863 g/mol. The summed E-state index contributed by atoms with van der Waals surface area (Å²) in [6.07, 6.45) is 0.494. The number of nitrogens with zero attached hydrogens (tertiary/aromatic N) is 2. The number of nitrogens with one attached hydrogen (secondary N) is 6. The Labute approximate surface area is 357 Å². The van der Waals surface area contributed by atoms with Crippen LogP contribution in [0.3, 0.4) is 0 Å². The molecule has 19 nitrogen and oxygen atoms in total. The summed E-state index contributed by atoms with van der Waals surface area (Å²) >= 11 is 4.12. The molecule has 2 aromatic carbocycles. The van der Waals surface area contributed by atoms with Crippen molar-refractivity contribution < 1.29 is 48.6 Å². The fourth-order valence-electron chi connectivity index (χ4n) is 6.76. The largest absolute Gasteiger partial charge is 0.506 e. The maximum atomic E-state index is 14.1. The molecular weight excluding hydrogens is 811 g/mol. The van der Waals surface area contributed by atoms with Crippen LogP contribution < -0.4 is 37.6 Å². The number of pyridine rings is 1. The molecular formula is C41H53N9O10S. The minimum absolute atomic E-state index is 0.0505. The van der Waals surface area contributed by atoms with Gasteiger partial charge in [0.1, 0.15) is 47.5 Å². The maximum absolute atomic E-state index is 14.1. The average Bonchev–Trinajstić information content (AvgIpc) is 3.73. The van der Waals surface area contributed by atoms with Gasteiger partial charge in [-0.05, 0) is 36.5 Å². The number of carbonyl (C=O) groups excluding carboxylic acids is 8. The van der Waals surface area contributed by atoms with Gasteiger partial charge in [0.2, 0.25) is 47.3 Å². The van der Waals surface area contributed by atoms with Crippen molar-refractivity contribution in [2.45, 2.75) is 82.7 Å². The lowest BCUT2D eigenvalue weighted by molar-refractivity contribution is -0.143. The number of phenolic OH excluding ortho intramolecular Hbond substituents is 1. The second kappa shape index (κ2) is 22.4. The van der Waals surface area contributed by atoms with Crippen LogP contribution in [0, 0.1) is 5.92 Å². The van der Waals surface area contributed by atoms with Crippen molar-refractivity contribution in [2.75, 3.05) is 25.4 Å². The highest BCUT2D eigenvalue weighted by molar-refractivity contribution is 7.80. The number of nitrogens with two attached hydrogens (primary N) is 1. The van der Waals surface area contributed by atoms with Crippen LogP contribution in [-0.2, 0) is 51.2 Å². The third-order valence-corrected chi connectivity index (χ3v) is 10.3. The van der Waals surface area contributed by atoms with Crippen LogP contribution in [0.2, 0.25) is 0 Å². The molecule has 2 heterocycles. The molecule has 0 radical (unpaired) electrons. The Kier molecular flexibility index (Phi) is 17.4. The molecule has 0 unspecified atom stereocenters. The third kappa shape index (κ3) is 13.4. The molecule has 61 heavy (non-hydrogen) atoms. The number of amides is 8. The second-order valence-electron chi connectivity index (χ2n) is 15.0. The van der Waals surface area contributed by atoms with Gasteiger partial charge < -0.3 is 52.7 Å². The number of aliphatic hydroxyl groups is 1. The number of phenols is 1. The van der Waals surface area contributed by atoms with Crippen molar-refractivity contribution in [2.24, 2.45) is 11.7 Å². The minimum Gasteiger partial charge on any atom is -0.506 e. The number of carbonyl (C=O) groups is 8. The summed E-state index contributed by atoms with van der Waals surface area (Å²) in [4.78, 5) is 110. The van der Waals surface area contributed by atoms with E-state index in [1.54, 1.807) is 68.4 Å². The van der Waals surface area contributed by atoms with E-state index in [9.17, 15) is 48.6 Å². The number of primary amides is 1. The van der Waals surface area contributed by atoms with E-state index in [4.69, 9.17) is 5.73 Å². The number of fused-ring (bicyclic) bond motifs is 1. The van der Waals surface area contributed by atoms with E-state index >= 15 is 0 Å². The van der Waals surface area contributed by atoms with Gasteiger partial charge >= 0.3 is 0 Å². The van der Waals surface area contributed by atoms with Crippen LogP contribution in [0.5, 0.6) is 5.75 Å². The summed E-state index contributed by atoms with van der Waals surface area (Å²) in [7, 11) is 0. The Morgan fingerprint density at radius 2 is 1.46 bits per heavy atom. The maximum Gasteiger partial charge on any atom is 0.246 e. The standard InChI is InChI=1S/C41H53N9O10S/c1-22(2)34(49-38(57)28(44-23(3)52)18-26-15-14-25-11-7-13-32(53)35(25)45-26)41(60)50-16-8-12-31(50)40(59)47-29(20-51)39(58)46-27(17-24-9-5-4-6-10-24)37(56)48-30(21-61)36(55)43-19-33(42)54/h4-7,9-11,13-15,22,27-31,34,51,53,61H,8,12,16-21H2,1-3H3,(H2,42,54)(H,43,55)(H,44,52)(H,46,58)(H,47,59)(H,48,56)(H,49,57)/t27-,28-,29+,30-,31-,34-/m0/s1. The zero-order valence-corrected chi connectivity index (χ0v) is 34.9. The number of aliphatic hydroxyl groups excluding tert-OH is 1. The van der Waals surface area contributed by atoms with E-state index in [0.717, 1.165) is 0 Å². The van der Waals surface area contributed by atoms with Crippen LogP contribution in [-0.4, -0.2) is 129 Å². The van der Waals surface area contributed by atoms with E-state index in [-0.39, 0.29) is 37.3 Å². The van der Waals surface area contributed by atoms with Crippen LogP contribution in [0.15, 0.2) is 60.7 Å². The first-order chi connectivity index (χ1) is 29.0. The molecule has 0 aliphatic carbocycles. The van der Waals surface area contributed by atoms with E-state index < -0.39 is 103 Å². The second-order valence-corrected chi connectivity index (χ2v) is 15.3. The summed E-state index contributed by atoms with van der Waals surface area (Å²) in [5.74, 6) is -6.51. The van der Waals surface area contributed by atoms with Gasteiger partial charge in [0.05, 0.1) is 13.2 Å². The van der Waals surface area contributed by atoms with Gasteiger partial charge in [0.25, 0.3) is 0 Å². The Bertz CT molecular complexity index is 2090. The Morgan fingerprint density at radius 1 is 0.803 bits per heavy atom. The lowest BCUT2D eigenvalue weighted by atomic mass is 10.0. The predicted octanol–water partition coefficient (Wildman–Crippen LogP) is -1.66. The first-order valence-corrected chi connectivity index (χ1v) is 20.3. The first-order valence-electron chi connectivity index (χ1n) is 19.7. The van der Waals surface area contributed by atoms with Gasteiger partial charge in [0.15, 0.2) is 0 Å². The number of likely N-dealkylation sites (tertiary alicyclic amines) is 1. The van der Waals surface area contributed by atoms with Crippen molar-refractivity contribution in [3.8, 4) is 5.75 Å². The first kappa shape index (κ1) is 47.4. The summed E-state index contributed by atoms with van der Waals surface area (Å²) in [6.45, 7) is 3.43. The number of aromatic hydroxyl groups is 1. The SMILES string of the molecule is CC(=O)N[C@@H](Cc1ccc2cccc(O)c2n1)C(=O)N[C@H](C(=O)N1CCC[C@H]1C(=O)N[C@H](CO)C(=O)N[C@@H](Cc1ccccc1)C(=O)N[C@@H](CS)C(=O)NCC(N)=O)C(C)C. The molecule has 6 atom stereocenters. The number of hydrogen-bond donors (Lipinski definition) is 10. The summed E-state index contributed by atoms with van der Waals surface area (Å²) in [6, 6.07) is 9.44. The predicted molar refractivity (Wildman–Crippen MR) is 225 cm³/mol. The van der Waals surface area contributed by atoms with Gasteiger partial charge in [-0.15, -0.1) is 0 Å². The molecule has 4 rings (SSSR count). The smallest absolute Gasteiger partial charge is 0.246 e. The molecule has 1 aliphatic rings. The average molecular weight is 864 g/mol. The lowest BCUT2D eigenvalue weighted by Crippen LogP contribution is -2.61. The lowest BCUT2D eigenvalue weighted by Gasteiger charge is -2.32. The molecule has 1 aromatic heterocycles. The third-order valence-electron chi connectivity index (χ3n) is 9.92. The van der Waals surface area contributed by atoms with Crippen LogP contribution in [0.4, 0.5) is 0 Å². The fraction of sp³-hybridized carbons (Fsp3) is 0.439. The molecule has 1 aliphatic heterocycles. The zero-order chi connectivity index (χ0) is 44.8. The zero-order valence-electron chi connectivity index (χ0n) is 34.1. The molecule has 8 amide bonds. The van der Waals surface area contributed by atoms with E-state index in [1.807, 2.05) is 0 Å². The van der Waals surface area contributed by atoms with Gasteiger partial charge in [-0.25, -0.2) is 4.98 Å². The van der Waals surface area contributed by atoms with Gasteiger partial charge in [-0.2, -0.15) is 12.6 Å².